The van der Waals surface area contributed by atoms with Crippen molar-refractivity contribution in [3.8, 4) is 0 Å². The van der Waals surface area contributed by atoms with E-state index in [9.17, 15) is 4.79 Å². The summed E-state index contributed by atoms with van der Waals surface area (Å²) in [6, 6.07) is 7.06. The van der Waals surface area contributed by atoms with E-state index in [1.165, 1.54) is 0 Å². The lowest BCUT2D eigenvalue weighted by atomic mass is 10.1. The van der Waals surface area contributed by atoms with Crippen molar-refractivity contribution in [3.63, 3.8) is 0 Å². The molecule has 2 rings (SSSR count). The molecule has 13 heavy (non-hydrogen) atoms. The van der Waals surface area contributed by atoms with Gasteiger partial charge in [0, 0.05) is 24.3 Å². The third kappa shape index (κ3) is 1.49. The van der Waals surface area contributed by atoms with Crippen molar-refractivity contribution in [2.45, 2.75) is 6.42 Å². The van der Waals surface area contributed by atoms with Crippen LogP contribution in [0.2, 0.25) is 0 Å². The van der Waals surface area contributed by atoms with Gasteiger partial charge >= 0.3 is 0 Å². The van der Waals surface area contributed by atoms with Gasteiger partial charge in [0.25, 0.3) is 5.91 Å². The first-order valence-electron chi connectivity index (χ1n) is 4.42. The molecule has 2 N–H and O–H groups in total. The van der Waals surface area contributed by atoms with Crippen molar-refractivity contribution in [2.75, 3.05) is 18.8 Å². The Morgan fingerprint density at radius 2 is 1.85 bits per heavy atom. The average Bonchev–Trinajstić information content (AvgIpc) is 2.02. The molecule has 1 aliphatic heterocycles. The van der Waals surface area contributed by atoms with Crippen LogP contribution in [0.15, 0.2) is 24.3 Å². The highest BCUT2D eigenvalue weighted by Crippen LogP contribution is 2.13. The predicted molar refractivity (Wildman–Crippen MR) is 51.4 cm³/mol. The zero-order valence-corrected chi connectivity index (χ0v) is 7.36. The topological polar surface area (TPSA) is 46.3 Å². The van der Waals surface area contributed by atoms with E-state index in [1.54, 1.807) is 24.3 Å². The second kappa shape index (κ2) is 3.09. The van der Waals surface area contributed by atoms with E-state index < -0.39 is 0 Å². The smallest absolute Gasteiger partial charge is 0.253 e. The Balaban J connectivity index is 2.15. The SMILES string of the molecule is Nc1ccc(C(=O)N2CCC2)cc1. The fraction of sp³-hybridized carbons (Fsp3) is 0.300. The molecular weight excluding hydrogens is 164 g/mol. The monoisotopic (exact) mass is 176 g/mol. The highest BCUT2D eigenvalue weighted by molar-refractivity contribution is 5.94. The number of rotatable bonds is 1. The van der Waals surface area contributed by atoms with Gasteiger partial charge in [-0.2, -0.15) is 0 Å². The second-order valence-electron chi connectivity index (χ2n) is 3.27. The number of carbonyl (C=O) groups excluding carboxylic acids is 1. The highest BCUT2D eigenvalue weighted by Gasteiger charge is 2.20. The minimum Gasteiger partial charge on any atom is -0.399 e. The third-order valence-corrected chi connectivity index (χ3v) is 2.30. The molecular formula is C10H12N2O. The maximum Gasteiger partial charge on any atom is 0.253 e. The number of hydrogen-bond donors (Lipinski definition) is 1. The Hall–Kier alpha value is -1.51. The summed E-state index contributed by atoms with van der Waals surface area (Å²) in [7, 11) is 0. The molecule has 3 nitrogen and oxygen atoms in total. The molecule has 1 aromatic carbocycles. The molecule has 1 saturated heterocycles. The van der Waals surface area contributed by atoms with Gasteiger partial charge in [0.05, 0.1) is 0 Å². The van der Waals surface area contributed by atoms with Crippen LogP contribution >= 0.6 is 0 Å². The molecule has 0 aliphatic carbocycles. The first-order valence-corrected chi connectivity index (χ1v) is 4.42. The molecule has 1 heterocycles. The molecule has 0 saturated carbocycles. The van der Waals surface area contributed by atoms with E-state index in [0.717, 1.165) is 25.1 Å². The van der Waals surface area contributed by atoms with Crippen LogP contribution in [0, 0.1) is 0 Å². The predicted octanol–water partition coefficient (Wildman–Crippen LogP) is 1.11. The van der Waals surface area contributed by atoms with Gasteiger partial charge < -0.3 is 10.6 Å². The van der Waals surface area contributed by atoms with E-state index in [0.29, 0.717) is 5.69 Å². The maximum atomic E-state index is 11.6. The first kappa shape index (κ1) is 8.10. The number of nitrogens with zero attached hydrogens (tertiary/aromatic N) is 1. The number of anilines is 1. The van der Waals surface area contributed by atoms with Crippen LogP contribution < -0.4 is 5.73 Å². The standard InChI is InChI=1S/C10H12N2O/c11-9-4-2-8(3-5-9)10(13)12-6-1-7-12/h2-5H,1,6-7,11H2. The van der Waals surface area contributed by atoms with Crippen LogP contribution in [0.4, 0.5) is 5.69 Å². The lowest BCUT2D eigenvalue weighted by Gasteiger charge is -2.30. The lowest BCUT2D eigenvalue weighted by Crippen LogP contribution is -2.41. The van der Waals surface area contributed by atoms with E-state index in [1.807, 2.05) is 4.90 Å². The van der Waals surface area contributed by atoms with Gasteiger partial charge in [0.15, 0.2) is 0 Å². The van der Waals surface area contributed by atoms with Gasteiger partial charge in [-0.05, 0) is 30.7 Å². The summed E-state index contributed by atoms with van der Waals surface area (Å²) in [6.45, 7) is 1.78. The number of carbonyl (C=O) groups is 1. The van der Waals surface area contributed by atoms with Crippen molar-refractivity contribution in [3.05, 3.63) is 29.8 Å². The largest absolute Gasteiger partial charge is 0.399 e. The summed E-state index contributed by atoms with van der Waals surface area (Å²) in [5, 5.41) is 0. The molecule has 0 aromatic heterocycles. The van der Waals surface area contributed by atoms with Gasteiger partial charge in [-0.15, -0.1) is 0 Å². The van der Waals surface area contributed by atoms with Gasteiger partial charge in [-0.3, -0.25) is 4.79 Å². The van der Waals surface area contributed by atoms with Crippen LogP contribution in [-0.2, 0) is 0 Å². The fourth-order valence-electron chi connectivity index (χ4n) is 1.33. The Labute approximate surface area is 77.1 Å². The van der Waals surface area contributed by atoms with Crippen LogP contribution in [0.3, 0.4) is 0 Å². The number of likely N-dealkylation sites (tertiary alicyclic amines) is 1. The molecule has 1 aliphatic rings. The summed E-state index contributed by atoms with van der Waals surface area (Å²) in [5.41, 5.74) is 6.95. The quantitative estimate of drug-likeness (QED) is 0.651. The van der Waals surface area contributed by atoms with Gasteiger partial charge in [-0.1, -0.05) is 0 Å². The maximum absolute atomic E-state index is 11.6. The first-order chi connectivity index (χ1) is 6.27. The van der Waals surface area contributed by atoms with Crippen molar-refractivity contribution < 1.29 is 4.79 Å². The molecule has 0 unspecified atom stereocenters. The van der Waals surface area contributed by atoms with E-state index in [-0.39, 0.29) is 5.91 Å². The van der Waals surface area contributed by atoms with Crippen LogP contribution in [0.25, 0.3) is 0 Å². The molecule has 1 amide bonds. The average molecular weight is 176 g/mol. The zero-order valence-electron chi connectivity index (χ0n) is 7.36. The molecule has 0 radical (unpaired) electrons. The lowest BCUT2D eigenvalue weighted by molar-refractivity contribution is 0.0652. The summed E-state index contributed by atoms with van der Waals surface area (Å²) < 4.78 is 0. The van der Waals surface area contributed by atoms with E-state index >= 15 is 0 Å². The van der Waals surface area contributed by atoms with Crippen molar-refractivity contribution in [2.24, 2.45) is 0 Å². The Morgan fingerprint density at radius 1 is 1.23 bits per heavy atom. The fourth-order valence-corrected chi connectivity index (χ4v) is 1.33. The third-order valence-electron chi connectivity index (χ3n) is 2.30. The Kier molecular flexibility index (Phi) is 1.93. The number of nitrogens with two attached hydrogens (primary N) is 1. The van der Waals surface area contributed by atoms with E-state index in [4.69, 9.17) is 5.73 Å². The summed E-state index contributed by atoms with van der Waals surface area (Å²) in [4.78, 5) is 13.5. The number of nitrogen functional groups attached to an aromatic ring is 1. The van der Waals surface area contributed by atoms with Crippen LogP contribution in [0.1, 0.15) is 16.8 Å². The highest BCUT2D eigenvalue weighted by atomic mass is 16.2. The van der Waals surface area contributed by atoms with Gasteiger partial charge in [0.1, 0.15) is 0 Å². The number of amides is 1. The molecule has 1 aromatic rings. The molecule has 0 bridgehead atoms. The Morgan fingerprint density at radius 3 is 2.31 bits per heavy atom. The van der Waals surface area contributed by atoms with Gasteiger partial charge in [-0.25, -0.2) is 0 Å². The summed E-state index contributed by atoms with van der Waals surface area (Å²) >= 11 is 0. The second-order valence-corrected chi connectivity index (χ2v) is 3.27. The molecule has 0 atom stereocenters. The van der Waals surface area contributed by atoms with Crippen molar-refractivity contribution in [1.29, 1.82) is 0 Å². The van der Waals surface area contributed by atoms with E-state index in [2.05, 4.69) is 0 Å². The normalized spacial score (nSPS) is 15.2. The van der Waals surface area contributed by atoms with Crippen molar-refractivity contribution in [1.82, 2.24) is 4.90 Å². The minimum absolute atomic E-state index is 0.117. The van der Waals surface area contributed by atoms with Crippen molar-refractivity contribution >= 4 is 11.6 Å². The summed E-state index contributed by atoms with van der Waals surface area (Å²) in [6.07, 6.45) is 1.13. The van der Waals surface area contributed by atoms with Crippen LogP contribution in [-0.4, -0.2) is 23.9 Å². The minimum atomic E-state index is 0.117. The van der Waals surface area contributed by atoms with Gasteiger partial charge in [0.2, 0.25) is 0 Å². The zero-order chi connectivity index (χ0) is 9.26. The molecule has 1 fully saturated rings. The number of hydrogen-bond acceptors (Lipinski definition) is 2. The molecule has 0 spiro atoms. The summed E-state index contributed by atoms with van der Waals surface area (Å²) in [5.74, 6) is 0.117. The molecule has 3 heteroatoms. The molecule has 68 valence electrons. The number of benzene rings is 1. The van der Waals surface area contributed by atoms with Crippen LogP contribution in [0.5, 0.6) is 0 Å². The Bertz CT molecular complexity index is 314.